The molecule has 9 heteroatoms. The van der Waals surface area contributed by atoms with Gasteiger partial charge in [0.1, 0.15) is 5.25 Å². The Bertz CT molecular complexity index is 777. The minimum absolute atomic E-state index is 0.0631. The van der Waals surface area contributed by atoms with E-state index in [1.165, 1.54) is 6.07 Å². The van der Waals surface area contributed by atoms with E-state index in [1.807, 2.05) is 0 Å². The molecule has 2 rings (SSSR count). The van der Waals surface area contributed by atoms with E-state index >= 15 is 0 Å². The van der Waals surface area contributed by atoms with Gasteiger partial charge in [0.25, 0.3) is 0 Å². The topological polar surface area (TPSA) is 87.0 Å². The number of sulfone groups is 1. The van der Waals surface area contributed by atoms with Gasteiger partial charge in [0.05, 0.1) is 22.1 Å². The summed E-state index contributed by atoms with van der Waals surface area (Å²) in [5, 5.41) is 9.70. The number of hydrogen-bond acceptors (Lipinski definition) is 4. The van der Waals surface area contributed by atoms with E-state index in [2.05, 4.69) is 5.32 Å². The number of carbonyl (C=O) groups excluding carboxylic acids is 1. The molecule has 1 aliphatic carbocycles. The van der Waals surface area contributed by atoms with E-state index in [9.17, 15) is 26.4 Å². The Hall–Kier alpha value is -2.08. The second-order valence-electron chi connectivity index (χ2n) is 5.29. The molecule has 1 aliphatic rings. The summed E-state index contributed by atoms with van der Waals surface area (Å²) in [5.41, 5.74) is -2.01. The van der Waals surface area contributed by atoms with Crippen LogP contribution in [0.5, 0.6) is 0 Å². The Labute approximate surface area is 131 Å². The van der Waals surface area contributed by atoms with Crippen LogP contribution in [0.1, 0.15) is 30.9 Å². The number of amides is 1. The van der Waals surface area contributed by atoms with Crippen molar-refractivity contribution in [2.45, 2.75) is 42.1 Å². The molecule has 0 unspecified atom stereocenters. The van der Waals surface area contributed by atoms with Crippen LogP contribution < -0.4 is 5.32 Å². The molecule has 0 aliphatic heterocycles. The average molecular weight is 346 g/mol. The average Bonchev–Trinajstić information content (AvgIpc) is 3.28. The normalized spacial score (nSPS) is 16.5. The van der Waals surface area contributed by atoms with Crippen molar-refractivity contribution in [3.8, 4) is 6.07 Å². The van der Waals surface area contributed by atoms with Crippen molar-refractivity contribution < 1.29 is 26.4 Å². The largest absolute Gasteiger partial charge is 0.417 e. The summed E-state index contributed by atoms with van der Waals surface area (Å²) in [6.07, 6.45) is -3.35. The zero-order valence-corrected chi connectivity index (χ0v) is 12.8. The van der Waals surface area contributed by atoms with Crippen LogP contribution in [0.4, 0.5) is 13.2 Å². The number of rotatable bonds is 4. The van der Waals surface area contributed by atoms with Crippen LogP contribution in [0.25, 0.3) is 0 Å². The molecular formula is C14H13F3N2O3S. The number of hydrogen-bond donors (Lipinski definition) is 1. The third-order valence-electron chi connectivity index (χ3n) is 3.50. The lowest BCUT2D eigenvalue weighted by Gasteiger charge is -2.15. The number of alkyl halides is 3. The maximum absolute atomic E-state index is 12.9. The van der Waals surface area contributed by atoms with Gasteiger partial charge in [0, 0.05) is 6.04 Å². The van der Waals surface area contributed by atoms with Crippen LogP contribution in [0.15, 0.2) is 23.1 Å². The van der Waals surface area contributed by atoms with Gasteiger partial charge in [-0.25, -0.2) is 8.42 Å². The second-order valence-corrected chi connectivity index (χ2v) is 7.56. The second kappa shape index (κ2) is 5.85. The molecule has 0 bridgehead atoms. The van der Waals surface area contributed by atoms with Gasteiger partial charge < -0.3 is 5.32 Å². The first-order chi connectivity index (χ1) is 10.6. The van der Waals surface area contributed by atoms with E-state index in [0.29, 0.717) is 6.07 Å². The van der Waals surface area contributed by atoms with Gasteiger partial charge in [-0.05, 0) is 38.0 Å². The van der Waals surface area contributed by atoms with Crippen molar-refractivity contribution in [1.82, 2.24) is 5.32 Å². The fourth-order valence-corrected chi connectivity index (χ4v) is 3.22. The molecule has 124 valence electrons. The Kier molecular flexibility index (Phi) is 4.39. The Balaban J connectivity index is 2.39. The molecule has 1 fully saturated rings. The van der Waals surface area contributed by atoms with Crippen LogP contribution in [0.3, 0.4) is 0 Å². The standard InChI is InChI=1S/C14H13F3N2O3S/c1-8(13(20)19-10-3-4-10)23(21,22)11-5-2-9(7-18)12(6-11)14(15,16)17/h2,5-6,8,10H,3-4H2,1H3,(H,19,20)/t8-/m1/s1. The molecule has 0 radical (unpaired) electrons. The Morgan fingerprint density at radius 1 is 1.39 bits per heavy atom. The highest BCUT2D eigenvalue weighted by Crippen LogP contribution is 2.34. The maximum atomic E-state index is 12.9. The van der Waals surface area contributed by atoms with Gasteiger partial charge in [0.2, 0.25) is 5.91 Å². The van der Waals surface area contributed by atoms with E-state index in [1.54, 1.807) is 0 Å². The molecular weight excluding hydrogens is 333 g/mol. The lowest BCUT2D eigenvalue weighted by Crippen LogP contribution is -2.39. The van der Waals surface area contributed by atoms with E-state index in [-0.39, 0.29) is 6.04 Å². The Morgan fingerprint density at radius 3 is 2.48 bits per heavy atom. The quantitative estimate of drug-likeness (QED) is 0.903. The van der Waals surface area contributed by atoms with E-state index in [4.69, 9.17) is 5.26 Å². The number of nitrogens with one attached hydrogen (secondary N) is 1. The fourth-order valence-electron chi connectivity index (χ4n) is 1.92. The number of halogens is 3. The summed E-state index contributed by atoms with van der Waals surface area (Å²) < 4.78 is 63.4. The van der Waals surface area contributed by atoms with Crippen LogP contribution in [0.2, 0.25) is 0 Å². The smallest absolute Gasteiger partial charge is 0.352 e. The molecule has 0 heterocycles. The van der Waals surface area contributed by atoms with Gasteiger partial charge in [-0.2, -0.15) is 18.4 Å². The lowest BCUT2D eigenvalue weighted by atomic mass is 10.1. The number of carbonyl (C=O) groups is 1. The summed E-state index contributed by atoms with van der Waals surface area (Å²) in [4.78, 5) is 11.2. The molecule has 1 N–H and O–H groups in total. The van der Waals surface area contributed by atoms with Gasteiger partial charge in [-0.15, -0.1) is 0 Å². The van der Waals surface area contributed by atoms with Gasteiger partial charge in [-0.3, -0.25) is 4.79 Å². The maximum Gasteiger partial charge on any atom is 0.417 e. The first kappa shape index (κ1) is 17.3. The SMILES string of the molecule is C[C@H](C(=O)NC1CC1)S(=O)(=O)c1ccc(C#N)c(C(F)(F)F)c1. The first-order valence-electron chi connectivity index (χ1n) is 6.73. The van der Waals surface area contributed by atoms with Crippen molar-refractivity contribution in [3.05, 3.63) is 29.3 Å². The zero-order valence-electron chi connectivity index (χ0n) is 12.0. The predicted molar refractivity (Wildman–Crippen MR) is 74.0 cm³/mol. The van der Waals surface area contributed by atoms with Crippen LogP contribution in [-0.2, 0) is 20.8 Å². The minimum Gasteiger partial charge on any atom is -0.352 e. The molecule has 1 aromatic rings. The van der Waals surface area contributed by atoms with Crippen LogP contribution in [0, 0.1) is 11.3 Å². The molecule has 1 saturated carbocycles. The van der Waals surface area contributed by atoms with Crippen molar-refractivity contribution in [2.75, 3.05) is 0 Å². The molecule has 0 saturated heterocycles. The highest BCUT2D eigenvalue weighted by atomic mass is 32.2. The van der Waals surface area contributed by atoms with Crippen LogP contribution >= 0.6 is 0 Å². The van der Waals surface area contributed by atoms with Crippen molar-refractivity contribution in [1.29, 1.82) is 5.26 Å². The van der Waals surface area contributed by atoms with Crippen molar-refractivity contribution in [3.63, 3.8) is 0 Å². The third kappa shape index (κ3) is 3.64. The minimum atomic E-state index is -4.86. The molecule has 0 spiro atoms. The lowest BCUT2D eigenvalue weighted by molar-refractivity contribution is -0.137. The highest BCUT2D eigenvalue weighted by molar-refractivity contribution is 7.92. The molecule has 23 heavy (non-hydrogen) atoms. The number of nitriles is 1. The number of benzene rings is 1. The third-order valence-corrected chi connectivity index (χ3v) is 5.56. The fraction of sp³-hybridized carbons (Fsp3) is 0.429. The molecule has 1 amide bonds. The summed E-state index contributed by atoms with van der Waals surface area (Å²) in [6, 6.07) is 3.41. The highest BCUT2D eigenvalue weighted by Gasteiger charge is 2.37. The molecule has 1 aromatic carbocycles. The molecule has 0 aromatic heterocycles. The van der Waals surface area contributed by atoms with Crippen molar-refractivity contribution >= 4 is 15.7 Å². The zero-order chi connectivity index (χ0) is 17.4. The molecule has 1 atom stereocenters. The Morgan fingerprint density at radius 2 is 2.00 bits per heavy atom. The summed E-state index contributed by atoms with van der Waals surface area (Å²) in [6.45, 7) is 1.12. The summed E-state index contributed by atoms with van der Waals surface area (Å²) >= 11 is 0. The van der Waals surface area contributed by atoms with Gasteiger partial charge in [0.15, 0.2) is 9.84 Å². The van der Waals surface area contributed by atoms with Gasteiger partial charge >= 0.3 is 6.18 Å². The monoisotopic (exact) mass is 346 g/mol. The molecule has 5 nitrogen and oxygen atoms in total. The van der Waals surface area contributed by atoms with Crippen LogP contribution in [-0.4, -0.2) is 25.6 Å². The van der Waals surface area contributed by atoms with E-state index < -0.39 is 43.2 Å². The number of nitrogens with zero attached hydrogens (tertiary/aromatic N) is 1. The van der Waals surface area contributed by atoms with Gasteiger partial charge in [-0.1, -0.05) is 0 Å². The van der Waals surface area contributed by atoms with E-state index in [0.717, 1.165) is 31.9 Å². The summed E-state index contributed by atoms with van der Waals surface area (Å²) in [7, 11) is -4.29. The summed E-state index contributed by atoms with van der Waals surface area (Å²) in [5.74, 6) is -0.745. The predicted octanol–water partition coefficient (Wildman–Crippen LogP) is 2.02. The first-order valence-corrected chi connectivity index (χ1v) is 8.27. The van der Waals surface area contributed by atoms with Crippen molar-refractivity contribution in [2.24, 2.45) is 0 Å².